The Labute approximate surface area is 167 Å². The third kappa shape index (κ3) is 3.80. The third-order valence-corrected chi connectivity index (χ3v) is 5.30. The first kappa shape index (κ1) is 19.7. The fourth-order valence-electron chi connectivity index (χ4n) is 3.53. The highest BCUT2D eigenvalue weighted by atomic mass is 16.5. The number of ether oxygens (including phenoxy) is 1. The van der Waals surface area contributed by atoms with Crippen LogP contribution >= 0.6 is 0 Å². The number of pyridine rings is 1. The highest BCUT2D eigenvalue weighted by Crippen LogP contribution is 2.32. The van der Waals surface area contributed by atoms with Crippen LogP contribution in [0.4, 0.5) is 5.69 Å². The van der Waals surface area contributed by atoms with Crippen LogP contribution in [0.3, 0.4) is 0 Å². The van der Waals surface area contributed by atoms with Crippen molar-refractivity contribution >= 4 is 16.6 Å². The van der Waals surface area contributed by atoms with Crippen LogP contribution in [0.25, 0.3) is 10.9 Å². The second-order valence-corrected chi connectivity index (χ2v) is 7.60. The Morgan fingerprint density at radius 2 is 1.93 bits per heavy atom. The fraction of sp³-hybridized carbons (Fsp3) is 0.333. The van der Waals surface area contributed by atoms with Gasteiger partial charge < -0.3 is 9.64 Å². The lowest BCUT2D eigenvalue weighted by atomic mass is 9.78. The second-order valence-electron chi connectivity index (χ2n) is 7.60. The van der Waals surface area contributed by atoms with E-state index >= 15 is 0 Å². The van der Waals surface area contributed by atoms with Gasteiger partial charge in [-0.1, -0.05) is 31.2 Å². The SMILES string of the molecule is CCc1cc2ccc(C(C)(C#N)Cc3cccc(N(C)C)c3)cc2nc1OC. The molecule has 0 aliphatic heterocycles. The fourth-order valence-corrected chi connectivity index (χ4v) is 3.53. The van der Waals surface area contributed by atoms with Crippen LogP contribution in [0.15, 0.2) is 48.5 Å². The van der Waals surface area contributed by atoms with E-state index in [1.807, 2.05) is 33.2 Å². The highest BCUT2D eigenvalue weighted by Gasteiger charge is 2.27. The summed E-state index contributed by atoms with van der Waals surface area (Å²) in [5, 5.41) is 11.1. The van der Waals surface area contributed by atoms with E-state index in [1.54, 1.807) is 7.11 Å². The Kier molecular flexibility index (Phi) is 5.56. The second kappa shape index (κ2) is 7.90. The number of hydrogen-bond acceptors (Lipinski definition) is 4. The lowest BCUT2D eigenvalue weighted by Crippen LogP contribution is -2.23. The van der Waals surface area contributed by atoms with Gasteiger partial charge in [-0.2, -0.15) is 5.26 Å². The molecule has 0 fully saturated rings. The maximum atomic E-state index is 10.0. The Morgan fingerprint density at radius 3 is 2.57 bits per heavy atom. The molecule has 28 heavy (non-hydrogen) atoms. The number of aryl methyl sites for hydroxylation is 1. The van der Waals surface area contributed by atoms with Crippen molar-refractivity contribution < 1.29 is 4.74 Å². The average Bonchev–Trinajstić information content (AvgIpc) is 2.72. The van der Waals surface area contributed by atoms with Crippen molar-refractivity contribution in [3.63, 3.8) is 0 Å². The van der Waals surface area contributed by atoms with Crippen LogP contribution in [0.5, 0.6) is 5.88 Å². The van der Waals surface area contributed by atoms with Crippen LogP contribution in [0.2, 0.25) is 0 Å². The minimum Gasteiger partial charge on any atom is -0.481 e. The number of nitriles is 1. The molecule has 0 spiro atoms. The van der Waals surface area contributed by atoms with Crippen molar-refractivity contribution in [1.82, 2.24) is 4.98 Å². The molecular weight excluding hydrogens is 346 g/mol. The van der Waals surface area contributed by atoms with Crippen molar-refractivity contribution in [2.75, 3.05) is 26.1 Å². The van der Waals surface area contributed by atoms with Gasteiger partial charge in [0, 0.05) is 30.7 Å². The van der Waals surface area contributed by atoms with Crippen LogP contribution in [-0.2, 0) is 18.3 Å². The minimum absolute atomic E-state index is 0.640. The van der Waals surface area contributed by atoms with Gasteiger partial charge in [0.05, 0.1) is 24.1 Å². The largest absolute Gasteiger partial charge is 0.481 e. The highest BCUT2D eigenvalue weighted by molar-refractivity contribution is 5.81. The zero-order chi connectivity index (χ0) is 20.3. The number of aromatic nitrogens is 1. The number of benzene rings is 2. The number of anilines is 1. The molecule has 1 heterocycles. The molecule has 0 radical (unpaired) electrons. The van der Waals surface area contributed by atoms with E-state index < -0.39 is 5.41 Å². The van der Waals surface area contributed by atoms with E-state index in [-0.39, 0.29) is 0 Å². The molecule has 0 saturated heterocycles. The molecule has 1 aromatic heterocycles. The van der Waals surface area contributed by atoms with Crippen molar-refractivity contribution in [3.8, 4) is 11.9 Å². The van der Waals surface area contributed by atoms with Crippen molar-refractivity contribution in [3.05, 3.63) is 65.2 Å². The molecule has 0 aliphatic rings. The van der Waals surface area contributed by atoms with E-state index in [0.29, 0.717) is 12.3 Å². The molecule has 4 nitrogen and oxygen atoms in total. The van der Waals surface area contributed by atoms with Gasteiger partial charge in [-0.3, -0.25) is 0 Å². The van der Waals surface area contributed by atoms with Crippen molar-refractivity contribution in [2.24, 2.45) is 0 Å². The molecule has 0 aliphatic carbocycles. The van der Waals surface area contributed by atoms with Gasteiger partial charge in [0.2, 0.25) is 5.88 Å². The first-order valence-electron chi connectivity index (χ1n) is 9.56. The van der Waals surface area contributed by atoms with Crippen molar-refractivity contribution in [2.45, 2.75) is 32.1 Å². The Morgan fingerprint density at radius 1 is 1.14 bits per heavy atom. The van der Waals surface area contributed by atoms with Crippen molar-refractivity contribution in [1.29, 1.82) is 5.26 Å². The summed E-state index contributed by atoms with van der Waals surface area (Å²) in [5.74, 6) is 0.657. The zero-order valence-electron chi connectivity index (χ0n) is 17.3. The molecular formula is C24H27N3O. The van der Waals surface area contributed by atoms with E-state index in [2.05, 4.69) is 59.3 Å². The molecule has 1 atom stereocenters. The zero-order valence-corrected chi connectivity index (χ0v) is 17.3. The molecule has 3 aromatic rings. The van der Waals surface area contributed by atoms with Crippen LogP contribution in [-0.4, -0.2) is 26.2 Å². The first-order valence-corrected chi connectivity index (χ1v) is 9.56. The molecule has 0 amide bonds. The molecule has 0 saturated carbocycles. The number of hydrogen-bond donors (Lipinski definition) is 0. The molecule has 0 N–H and O–H groups in total. The van der Waals surface area contributed by atoms with Gasteiger partial charge in [-0.05, 0) is 55.2 Å². The van der Waals surface area contributed by atoms with E-state index in [4.69, 9.17) is 4.74 Å². The predicted molar refractivity (Wildman–Crippen MR) is 115 cm³/mol. The first-order chi connectivity index (χ1) is 13.4. The summed E-state index contributed by atoms with van der Waals surface area (Å²) >= 11 is 0. The van der Waals surface area contributed by atoms with Gasteiger partial charge in [0.15, 0.2) is 0 Å². The number of rotatable bonds is 6. The lowest BCUT2D eigenvalue weighted by Gasteiger charge is -2.24. The maximum Gasteiger partial charge on any atom is 0.216 e. The van der Waals surface area contributed by atoms with E-state index in [0.717, 1.165) is 39.7 Å². The van der Waals surface area contributed by atoms with Gasteiger partial charge >= 0.3 is 0 Å². The summed E-state index contributed by atoms with van der Waals surface area (Å²) in [6, 6.07) is 19.1. The smallest absolute Gasteiger partial charge is 0.216 e. The maximum absolute atomic E-state index is 10.0. The molecule has 3 rings (SSSR count). The monoisotopic (exact) mass is 373 g/mol. The lowest BCUT2D eigenvalue weighted by molar-refractivity contribution is 0.395. The van der Waals surface area contributed by atoms with Crippen LogP contribution < -0.4 is 9.64 Å². The van der Waals surface area contributed by atoms with E-state index in [1.165, 1.54) is 0 Å². The third-order valence-electron chi connectivity index (χ3n) is 5.30. The number of fused-ring (bicyclic) bond motifs is 1. The average molecular weight is 374 g/mol. The summed E-state index contributed by atoms with van der Waals surface area (Å²) < 4.78 is 5.45. The molecule has 0 bridgehead atoms. The number of nitrogens with zero attached hydrogens (tertiary/aromatic N) is 3. The summed E-state index contributed by atoms with van der Waals surface area (Å²) in [6.45, 7) is 4.09. The molecule has 4 heteroatoms. The number of methoxy groups -OCH3 is 1. The van der Waals surface area contributed by atoms with Crippen LogP contribution in [0, 0.1) is 11.3 Å². The summed E-state index contributed by atoms with van der Waals surface area (Å²) in [6.07, 6.45) is 1.51. The van der Waals surface area contributed by atoms with Gasteiger partial charge in [-0.25, -0.2) is 4.98 Å². The predicted octanol–water partition coefficient (Wildman–Crippen LogP) is 4.90. The Hall–Kier alpha value is -3.06. The van der Waals surface area contributed by atoms with Gasteiger partial charge in [-0.15, -0.1) is 0 Å². The molecule has 144 valence electrons. The van der Waals surface area contributed by atoms with Crippen LogP contribution in [0.1, 0.15) is 30.5 Å². The van der Waals surface area contributed by atoms with Gasteiger partial charge in [0.25, 0.3) is 0 Å². The standard InChI is InChI=1S/C24H27N3O/c1-6-18-13-19-10-11-20(14-22(19)26-23(18)28-5)24(2,16-25)15-17-8-7-9-21(12-17)27(3)4/h7-14H,6,15H2,1-5H3. The molecule has 1 unspecified atom stereocenters. The summed E-state index contributed by atoms with van der Waals surface area (Å²) in [5.41, 5.74) is 4.55. The topological polar surface area (TPSA) is 49.2 Å². The normalized spacial score (nSPS) is 13.0. The Balaban J connectivity index is 2.02. The Bertz CT molecular complexity index is 1040. The molecule has 2 aromatic carbocycles. The van der Waals surface area contributed by atoms with Gasteiger partial charge in [0.1, 0.15) is 0 Å². The quantitative estimate of drug-likeness (QED) is 0.617. The minimum atomic E-state index is -0.641. The summed E-state index contributed by atoms with van der Waals surface area (Å²) in [7, 11) is 5.69. The van der Waals surface area contributed by atoms with E-state index in [9.17, 15) is 5.26 Å². The summed E-state index contributed by atoms with van der Waals surface area (Å²) in [4.78, 5) is 6.75.